The summed E-state index contributed by atoms with van der Waals surface area (Å²) in [5.74, 6) is 0. The summed E-state index contributed by atoms with van der Waals surface area (Å²) in [6.45, 7) is 0. The maximum Gasteiger partial charge on any atom is 0.239 e. The topological polar surface area (TPSA) is 38.3 Å². The number of carbonyl (C=O) groups excluding carboxylic acids is 1. The summed E-state index contributed by atoms with van der Waals surface area (Å²) < 4.78 is 0. The number of nitrogens with one attached hydrogen (secondary N) is 1. The molecule has 3 nitrogen and oxygen atoms in total. The molecule has 0 heterocycles. The van der Waals surface area contributed by atoms with E-state index in [1.54, 1.807) is 6.08 Å². The number of carbonyl (C=O) groups is 1. The molecule has 0 fully saturated rings. The lowest BCUT2D eigenvalue weighted by atomic mass is 10.2. The van der Waals surface area contributed by atoms with E-state index in [0.29, 0.717) is 6.41 Å². The minimum absolute atomic E-state index is 0.468. The fourth-order valence-electron chi connectivity index (χ4n) is 0.744. The molecule has 0 saturated carbocycles. The smallest absolute Gasteiger partial charge is 0.239 e. The first-order valence-corrected chi connectivity index (χ1v) is 3.50. The van der Waals surface area contributed by atoms with Crippen LogP contribution in [0.5, 0.6) is 0 Å². The zero-order chi connectivity index (χ0) is 8.65. The van der Waals surface area contributed by atoms with Crippen LogP contribution in [0.15, 0.2) is 36.6 Å². The van der Waals surface area contributed by atoms with Gasteiger partial charge in [0.15, 0.2) is 0 Å². The lowest BCUT2D eigenvalue weighted by Gasteiger charge is -1.93. The van der Waals surface area contributed by atoms with E-state index >= 15 is 0 Å². The molecule has 0 atom stereocenters. The maximum absolute atomic E-state index is 9.75. The molecule has 0 aliphatic rings. The van der Waals surface area contributed by atoms with E-state index in [4.69, 9.17) is 0 Å². The Hall–Kier alpha value is -1.77. The van der Waals surface area contributed by atoms with Crippen molar-refractivity contribution in [3.63, 3.8) is 0 Å². The van der Waals surface area contributed by atoms with Gasteiger partial charge in [-0.25, -0.2) is 0 Å². The molecule has 1 N–H and O–H groups in total. The van der Waals surface area contributed by atoms with Gasteiger partial charge in [0.2, 0.25) is 6.41 Å². The molecular formula is C9H9NO2. The van der Waals surface area contributed by atoms with Crippen LogP contribution in [0.4, 0.5) is 0 Å². The Morgan fingerprint density at radius 2 is 2.00 bits per heavy atom. The zero-order valence-electron chi connectivity index (χ0n) is 6.44. The van der Waals surface area contributed by atoms with Gasteiger partial charge in [0.05, 0.1) is 0 Å². The third kappa shape index (κ3) is 2.88. The summed E-state index contributed by atoms with van der Waals surface area (Å²) >= 11 is 0. The summed E-state index contributed by atoms with van der Waals surface area (Å²) in [7, 11) is 0. The molecule has 1 amide bonds. The van der Waals surface area contributed by atoms with Crippen molar-refractivity contribution in [2.75, 3.05) is 0 Å². The van der Waals surface area contributed by atoms with E-state index in [1.165, 1.54) is 6.26 Å². The highest BCUT2D eigenvalue weighted by molar-refractivity contribution is 5.48. The molecule has 1 aromatic rings. The first-order chi connectivity index (χ1) is 5.93. The summed E-state index contributed by atoms with van der Waals surface area (Å²) in [4.78, 5) is 14.3. The van der Waals surface area contributed by atoms with Crippen LogP contribution < -0.4 is 5.48 Å². The standard InChI is InChI=1S/C9H9NO2/c11-8-10-12-7-6-9-4-2-1-3-5-9/h1-8H,(H,10,11). The van der Waals surface area contributed by atoms with Crippen LogP contribution >= 0.6 is 0 Å². The first-order valence-electron chi connectivity index (χ1n) is 3.50. The Bertz CT molecular complexity index is 256. The number of hydrogen-bond acceptors (Lipinski definition) is 2. The quantitative estimate of drug-likeness (QED) is 0.315. The van der Waals surface area contributed by atoms with Gasteiger partial charge in [0.1, 0.15) is 6.26 Å². The summed E-state index contributed by atoms with van der Waals surface area (Å²) in [5, 5.41) is 0. The van der Waals surface area contributed by atoms with Gasteiger partial charge in [0.25, 0.3) is 0 Å². The fraction of sp³-hybridized carbons (Fsp3) is 0. The molecule has 0 unspecified atom stereocenters. The SMILES string of the molecule is O=CNOC=Cc1ccccc1. The van der Waals surface area contributed by atoms with Gasteiger partial charge < -0.3 is 4.84 Å². The van der Waals surface area contributed by atoms with Crippen molar-refractivity contribution in [1.29, 1.82) is 0 Å². The van der Waals surface area contributed by atoms with E-state index in [1.807, 2.05) is 30.3 Å². The molecule has 0 aromatic heterocycles. The van der Waals surface area contributed by atoms with Gasteiger partial charge in [-0.2, -0.15) is 5.48 Å². The molecular weight excluding hydrogens is 154 g/mol. The highest BCUT2D eigenvalue weighted by atomic mass is 16.6. The Balaban J connectivity index is 2.41. The first kappa shape index (κ1) is 8.33. The number of hydroxylamine groups is 1. The van der Waals surface area contributed by atoms with Gasteiger partial charge >= 0.3 is 0 Å². The van der Waals surface area contributed by atoms with E-state index in [9.17, 15) is 4.79 Å². The van der Waals surface area contributed by atoms with Crippen LogP contribution in [0.25, 0.3) is 6.08 Å². The summed E-state index contributed by atoms with van der Waals surface area (Å²) in [5.41, 5.74) is 3.07. The van der Waals surface area contributed by atoms with Crippen LogP contribution in [0, 0.1) is 0 Å². The van der Waals surface area contributed by atoms with E-state index in [0.717, 1.165) is 5.56 Å². The number of hydrogen-bond donors (Lipinski definition) is 1. The highest BCUT2D eigenvalue weighted by Gasteiger charge is 1.81. The third-order valence-corrected chi connectivity index (χ3v) is 1.24. The molecule has 62 valence electrons. The minimum Gasteiger partial charge on any atom is -0.388 e. The predicted molar refractivity (Wildman–Crippen MR) is 45.8 cm³/mol. The van der Waals surface area contributed by atoms with Crippen molar-refractivity contribution in [2.24, 2.45) is 0 Å². The van der Waals surface area contributed by atoms with Gasteiger partial charge in [-0.3, -0.25) is 4.79 Å². The van der Waals surface area contributed by atoms with Crippen molar-refractivity contribution in [1.82, 2.24) is 5.48 Å². The summed E-state index contributed by atoms with van der Waals surface area (Å²) in [6, 6.07) is 9.64. The van der Waals surface area contributed by atoms with Gasteiger partial charge in [-0.1, -0.05) is 30.3 Å². The van der Waals surface area contributed by atoms with Crippen molar-refractivity contribution in [3.8, 4) is 0 Å². The van der Waals surface area contributed by atoms with Crippen molar-refractivity contribution in [3.05, 3.63) is 42.2 Å². The average Bonchev–Trinajstić information content (AvgIpc) is 2.14. The average molecular weight is 163 g/mol. The Kier molecular flexibility index (Phi) is 3.44. The molecule has 0 aliphatic carbocycles. The monoisotopic (exact) mass is 163 g/mol. The number of amides is 1. The second kappa shape index (κ2) is 4.96. The van der Waals surface area contributed by atoms with Crippen molar-refractivity contribution in [2.45, 2.75) is 0 Å². The molecule has 12 heavy (non-hydrogen) atoms. The maximum atomic E-state index is 9.75. The van der Waals surface area contributed by atoms with Gasteiger partial charge in [-0.15, -0.1) is 0 Å². The molecule has 1 aromatic carbocycles. The molecule has 0 radical (unpaired) electrons. The van der Waals surface area contributed by atoms with Gasteiger partial charge in [0, 0.05) is 0 Å². The third-order valence-electron chi connectivity index (χ3n) is 1.24. The van der Waals surface area contributed by atoms with Crippen molar-refractivity contribution < 1.29 is 9.63 Å². The lowest BCUT2D eigenvalue weighted by Crippen LogP contribution is -2.05. The number of benzene rings is 1. The minimum atomic E-state index is 0.468. The van der Waals surface area contributed by atoms with Crippen molar-refractivity contribution >= 4 is 12.5 Å². The highest BCUT2D eigenvalue weighted by Crippen LogP contribution is 1.99. The Morgan fingerprint density at radius 3 is 2.67 bits per heavy atom. The lowest BCUT2D eigenvalue weighted by molar-refractivity contribution is -0.116. The predicted octanol–water partition coefficient (Wildman–Crippen LogP) is 1.33. The van der Waals surface area contributed by atoms with Crippen LogP contribution in [0.2, 0.25) is 0 Å². The molecule has 3 heteroatoms. The molecule has 0 spiro atoms. The van der Waals surface area contributed by atoms with Crippen LogP contribution in [-0.4, -0.2) is 6.41 Å². The summed E-state index contributed by atoms with van der Waals surface area (Å²) in [6.07, 6.45) is 3.62. The molecule has 0 saturated heterocycles. The largest absolute Gasteiger partial charge is 0.388 e. The zero-order valence-corrected chi connectivity index (χ0v) is 6.44. The second-order valence-electron chi connectivity index (χ2n) is 2.07. The van der Waals surface area contributed by atoms with Gasteiger partial charge in [-0.05, 0) is 11.6 Å². The van der Waals surface area contributed by atoms with Crippen LogP contribution in [-0.2, 0) is 9.63 Å². The van der Waals surface area contributed by atoms with Crippen LogP contribution in [0.1, 0.15) is 5.56 Å². The molecule has 0 aliphatic heterocycles. The van der Waals surface area contributed by atoms with Crippen LogP contribution in [0.3, 0.4) is 0 Å². The fourth-order valence-corrected chi connectivity index (χ4v) is 0.744. The Labute approximate surface area is 70.6 Å². The molecule has 1 rings (SSSR count). The van der Waals surface area contributed by atoms with E-state index in [2.05, 4.69) is 10.3 Å². The Morgan fingerprint density at radius 1 is 1.25 bits per heavy atom. The van der Waals surface area contributed by atoms with E-state index < -0.39 is 0 Å². The number of rotatable bonds is 4. The van der Waals surface area contributed by atoms with E-state index in [-0.39, 0.29) is 0 Å². The second-order valence-corrected chi connectivity index (χ2v) is 2.07. The molecule has 0 bridgehead atoms. The normalized spacial score (nSPS) is 9.67.